The molecule has 0 fully saturated rings. The van der Waals surface area contributed by atoms with Crippen LogP contribution in [-0.4, -0.2) is 46.8 Å². The fourth-order valence-corrected chi connectivity index (χ4v) is 4.44. The first kappa shape index (κ1) is 24.6. The number of amides is 2. The molecule has 182 valence electrons. The minimum absolute atomic E-state index is 0.0885. The number of ether oxygens (including phenoxy) is 1. The molecular weight excluding hydrogens is 468 g/mol. The lowest BCUT2D eigenvalue weighted by Gasteiger charge is -2.12. The highest BCUT2D eigenvalue weighted by Crippen LogP contribution is 2.30. The molecule has 2 aromatic heterocycles. The fraction of sp³-hybridized carbons (Fsp3) is 0.308. The van der Waals surface area contributed by atoms with Crippen molar-refractivity contribution < 1.29 is 18.9 Å². The number of carbonyl (C=O) groups excluding carboxylic acids is 2. The number of benzene rings is 1. The first-order valence-corrected chi connectivity index (χ1v) is 12.0. The van der Waals surface area contributed by atoms with Crippen molar-refractivity contribution in [2.24, 2.45) is 0 Å². The number of aromatic nitrogens is 3. The predicted molar refractivity (Wildman–Crippen MR) is 133 cm³/mol. The van der Waals surface area contributed by atoms with Crippen LogP contribution in [0.3, 0.4) is 0 Å². The molecule has 3 heterocycles. The van der Waals surface area contributed by atoms with Crippen molar-refractivity contribution in [2.45, 2.75) is 33.1 Å². The first-order valence-electron chi connectivity index (χ1n) is 11.6. The van der Waals surface area contributed by atoms with E-state index in [2.05, 4.69) is 5.10 Å². The van der Waals surface area contributed by atoms with E-state index in [1.165, 1.54) is 11.8 Å². The van der Waals surface area contributed by atoms with Crippen molar-refractivity contribution in [3.05, 3.63) is 81.0 Å². The molecule has 4 rings (SSSR count). The van der Waals surface area contributed by atoms with Gasteiger partial charge in [-0.15, -0.1) is 0 Å². The Morgan fingerprint density at radius 1 is 1.09 bits per heavy atom. The van der Waals surface area contributed by atoms with Crippen molar-refractivity contribution in [2.75, 3.05) is 20.3 Å². The van der Waals surface area contributed by atoms with E-state index in [9.17, 15) is 14.4 Å². The van der Waals surface area contributed by atoms with Gasteiger partial charge >= 0.3 is 5.91 Å². The molecule has 3 aromatic rings. The highest BCUT2D eigenvalue weighted by Gasteiger charge is 2.47. The van der Waals surface area contributed by atoms with E-state index >= 15 is 0 Å². The smallest absolute Gasteiger partial charge is 0.326 e. The maximum absolute atomic E-state index is 13.8. The van der Waals surface area contributed by atoms with Gasteiger partial charge in [-0.2, -0.15) is 4.57 Å². The maximum Gasteiger partial charge on any atom is 0.326 e. The molecule has 8 nitrogen and oxygen atoms in total. The van der Waals surface area contributed by atoms with E-state index in [-0.39, 0.29) is 30.0 Å². The van der Waals surface area contributed by atoms with Crippen LogP contribution < -0.4 is 10.1 Å². The second-order valence-electron chi connectivity index (χ2n) is 8.29. The number of hydrogen-bond donors (Lipinski definition) is 1. The van der Waals surface area contributed by atoms with Gasteiger partial charge in [-0.3, -0.25) is 24.4 Å². The lowest BCUT2D eigenvalue weighted by Crippen LogP contribution is -2.40. The predicted octanol–water partition coefficient (Wildman–Crippen LogP) is 3.00. The number of carbonyl (C=O) groups is 2. The summed E-state index contributed by atoms with van der Waals surface area (Å²) in [6, 6.07) is 10.7. The third kappa shape index (κ3) is 4.59. The zero-order chi connectivity index (χ0) is 25.1. The summed E-state index contributed by atoms with van der Waals surface area (Å²) in [4.78, 5) is 42.1. The zero-order valence-corrected chi connectivity index (χ0v) is 20.8. The SMILES string of the molecule is CCCc1[nH]n(-c2cccc(Cl)c2)c(=O)c1C1=C([n+]2cccc(CC)c2)C(=O)N(CCOC)C1=O. The summed E-state index contributed by atoms with van der Waals surface area (Å²) in [5, 5.41) is 3.63. The molecule has 2 amide bonds. The van der Waals surface area contributed by atoms with Gasteiger partial charge in [0.05, 0.1) is 24.4 Å². The number of nitrogens with one attached hydrogen (secondary N) is 1. The Morgan fingerprint density at radius 3 is 2.57 bits per heavy atom. The Labute approximate surface area is 208 Å². The molecule has 1 aromatic carbocycles. The number of H-pyrrole nitrogens is 1. The minimum atomic E-state index is -0.511. The Kier molecular flexibility index (Phi) is 7.33. The molecule has 1 aliphatic heterocycles. The molecule has 0 aliphatic carbocycles. The summed E-state index contributed by atoms with van der Waals surface area (Å²) in [7, 11) is 1.51. The third-order valence-corrected chi connectivity index (χ3v) is 6.21. The van der Waals surface area contributed by atoms with E-state index in [4.69, 9.17) is 16.3 Å². The zero-order valence-electron chi connectivity index (χ0n) is 20.0. The van der Waals surface area contributed by atoms with Crippen LogP contribution in [0.5, 0.6) is 0 Å². The average Bonchev–Trinajstić information content (AvgIpc) is 3.30. The average molecular weight is 496 g/mol. The highest BCUT2D eigenvalue weighted by molar-refractivity contribution is 6.44. The molecule has 0 saturated heterocycles. The molecule has 9 heteroatoms. The summed E-state index contributed by atoms with van der Waals surface area (Å²) in [5.41, 5.74) is 2.17. The number of nitrogens with zero attached hydrogens (tertiary/aromatic N) is 3. The van der Waals surface area contributed by atoms with Crippen molar-refractivity contribution in [3.8, 4) is 5.69 Å². The summed E-state index contributed by atoms with van der Waals surface area (Å²) >= 11 is 6.16. The molecule has 0 bridgehead atoms. The first-order chi connectivity index (χ1) is 16.9. The van der Waals surface area contributed by atoms with Gasteiger partial charge in [-0.05, 0) is 37.1 Å². The van der Waals surface area contributed by atoms with Gasteiger partial charge in [0.1, 0.15) is 5.57 Å². The summed E-state index contributed by atoms with van der Waals surface area (Å²) in [5.74, 6) is -0.971. The fourth-order valence-electron chi connectivity index (χ4n) is 4.25. The van der Waals surface area contributed by atoms with Crippen LogP contribution in [0, 0.1) is 0 Å². The Hall–Kier alpha value is -3.49. The quantitative estimate of drug-likeness (QED) is 0.365. The van der Waals surface area contributed by atoms with Crippen molar-refractivity contribution in [1.82, 2.24) is 14.7 Å². The van der Waals surface area contributed by atoms with Crippen LogP contribution in [0.15, 0.2) is 53.6 Å². The minimum Gasteiger partial charge on any atom is -0.383 e. The monoisotopic (exact) mass is 495 g/mol. The van der Waals surface area contributed by atoms with E-state index in [0.29, 0.717) is 22.8 Å². The van der Waals surface area contributed by atoms with Gasteiger partial charge in [0.25, 0.3) is 17.2 Å². The van der Waals surface area contributed by atoms with Crippen molar-refractivity contribution in [1.29, 1.82) is 0 Å². The van der Waals surface area contributed by atoms with Crippen LogP contribution in [0.25, 0.3) is 17.0 Å². The number of pyridine rings is 1. The van der Waals surface area contributed by atoms with Crippen LogP contribution in [0.4, 0.5) is 0 Å². The molecule has 1 N–H and O–H groups in total. The largest absolute Gasteiger partial charge is 0.383 e. The number of methoxy groups -OCH3 is 1. The van der Waals surface area contributed by atoms with Crippen LogP contribution in [0.1, 0.15) is 37.1 Å². The number of hydrogen-bond acceptors (Lipinski definition) is 4. The Bertz CT molecular complexity index is 1370. The van der Waals surface area contributed by atoms with Gasteiger partial charge in [0, 0.05) is 29.5 Å². The molecule has 0 spiro atoms. The summed E-state index contributed by atoms with van der Waals surface area (Å²) in [6.07, 6.45) is 5.56. The lowest BCUT2D eigenvalue weighted by molar-refractivity contribution is -0.577. The van der Waals surface area contributed by atoms with Crippen LogP contribution in [0.2, 0.25) is 5.02 Å². The molecule has 0 radical (unpaired) electrons. The Morgan fingerprint density at radius 2 is 1.89 bits per heavy atom. The van der Waals surface area contributed by atoms with E-state index in [1.807, 2.05) is 32.2 Å². The number of aryl methyl sites for hydroxylation is 2. The number of rotatable bonds is 9. The van der Waals surface area contributed by atoms with Gasteiger partial charge in [0.2, 0.25) is 0 Å². The van der Waals surface area contributed by atoms with E-state index in [0.717, 1.165) is 23.3 Å². The third-order valence-electron chi connectivity index (χ3n) is 5.97. The number of halogens is 1. The second kappa shape index (κ2) is 10.4. The molecular formula is C26H28ClN4O4+. The highest BCUT2D eigenvalue weighted by atomic mass is 35.5. The topological polar surface area (TPSA) is 88.3 Å². The van der Waals surface area contributed by atoms with E-state index in [1.54, 1.807) is 35.0 Å². The molecule has 35 heavy (non-hydrogen) atoms. The van der Waals surface area contributed by atoms with Gasteiger partial charge in [-0.25, -0.2) is 4.68 Å². The Balaban J connectivity index is 1.99. The van der Waals surface area contributed by atoms with Gasteiger partial charge < -0.3 is 4.74 Å². The molecule has 0 atom stereocenters. The maximum atomic E-state index is 13.8. The molecule has 0 unspecified atom stereocenters. The normalized spacial score (nSPS) is 13.9. The number of aromatic amines is 1. The van der Waals surface area contributed by atoms with Gasteiger partial charge in [-0.1, -0.05) is 37.9 Å². The molecule has 1 aliphatic rings. The van der Waals surface area contributed by atoms with E-state index < -0.39 is 17.4 Å². The van der Waals surface area contributed by atoms with Crippen molar-refractivity contribution in [3.63, 3.8) is 0 Å². The summed E-state index contributed by atoms with van der Waals surface area (Å²) in [6.45, 7) is 4.28. The summed E-state index contributed by atoms with van der Waals surface area (Å²) < 4.78 is 8.14. The number of imide groups is 1. The van der Waals surface area contributed by atoms with Crippen molar-refractivity contribution >= 4 is 34.7 Å². The molecule has 0 saturated carbocycles. The van der Waals surface area contributed by atoms with Gasteiger partial charge in [0.15, 0.2) is 12.4 Å². The lowest BCUT2D eigenvalue weighted by atomic mass is 10.0. The standard InChI is InChI=1S/C26H27ClN4O4/c1-4-8-20-21(25(33)31(28-20)19-11-6-10-18(27)15-19)22-23(29-12-7-9-17(5-2)16-29)26(34)30(24(22)32)13-14-35-3/h6-7,9-12,15-16H,4-5,8,13-14H2,1-3H3/p+1. The second-order valence-corrected chi connectivity index (χ2v) is 8.72. The van der Waals surface area contributed by atoms with Crippen LogP contribution in [-0.2, 0) is 27.2 Å². The van der Waals surface area contributed by atoms with Crippen LogP contribution >= 0.6 is 11.6 Å².